The van der Waals surface area contributed by atoms with Crippen LogP contribution in [0, 0.1) is 10.1 Å². The van der Waals surface area contributed by atoms with Gasteiger partial charge >= 0.3 is 5.69 Å². The predicted octanol–water partition coefficient (Wildman–Crippen LogP) is 1.58. The fourth-order valence-electron chi connectivity index (χ4n) is 1.88. The van der Waals surface area contributed by atoms with Crippen LogP contribution in [0.5, 0.6) is 0 Å². The SMILES string of the molecule is CCCCC(CN)NC(=O)C(C)(C)n1cc([N+](=O)[O-])cn1.Cl. The number of nitrogens with two attached hydrogens (primary N) is 1. The van der Waals surface area contributed by atoms with Crippen molar-refractivity contribution in [3.05, 3.63) is 22.5 Å². The minimum atomic E-state index is -1.02. The number of hydrogen-bond donors (Lipinski definition) is 2. The molecule has 22 heavy (non-hydrogen) atoms. The molecule has 0 aliphatic carbocycles. The van der Waals surface area contributed by atoms with Gasteiger partial charge in [0, 0.05) is 12.6 Å². The summed E-state index contributed by atoms with van der Waals surface area (Å²) < 4.78 is 1.30. The molecule has 9 heteroatoms. The number of carbonyl (C=O) groups is 1. The Hall–Kier alpha value is -1.67. The zero-order valence-corrected chi connectivity index (χ0v) is 13.9. The van der Waals surface area contributed by atoms with E-state index in [9.17, 15) is 14.9 Å². The van der Waals surface area contributed by atoms with Crippen molar-refractivity contribution in [2.75, 3.05) is 6.54 Å². The number of nitrogens with zero attached hydrogens (tertiary/aromatic N) is 3. The number of amides is 1. The number of halogens is 1. The molecular formula is C13H24ClN5O3. The second-order valence-corrected chi connectivity index (χ2v) is 5.51. The van der Waals surface area contributed by atoms with E-state index < -0.39 is 10.5 Å². The van der Waals surface area contributed by atoms with Crippen molar-refractivity contribution >= 4 is 24.0 Å². The fourth-order valence-corrected chi connectivity index (χ4v) is 1.88. The van der Waals surface area contributed by atoms with Crippen molar-refractivity contribution < 1.29 is 9.72 Å². The number of hydrogen-bond acceptors (Lipinski definition) is 5. The molecule has 1 rings (SSSR count). The van der Waals surface area contributed by atoms with Crippen LogP contribution in [0.15, 0.2) is 12.4 Å². The molecular weight excluding hydrogens is 310 g/mol. The summed E-state index contributed by atoms with van der Waals surface area (Å²) in [4.78, 5) is 22.5. The predicted molar refractivity (Wildman–Crippen MR) is 86.0 cm³/mol. The van der Waals surface area contributed by atoms with Gasteiger partial charge in [0.05, 0.1) is 4.92 Å². The average Bonchev–Trinajstić information content (AvgIpc) is 2.93. The number of nitrogens with one attached hydrogen (secondary N) is 1. The summed E-state index contributed by atoms with van der Waals surface area (Å²) in [7, 11) is 0. The molecule has 126 valence electrons. The molecule has 0 aromatic carbocycles. The maximum Gasteiger partial charge on any atom is 0.307 e. The average molecular weight is 334 g/mol. The maximum absolute atomic E-state index is 12.4. The molecule has 1 aromatic rings. The Balaban J connectivity index is 0.00000441. The molecule has 8 nitrogen and oxygen atoms in total. The van der Waals surface area contributed by atoms with Crippen LogP contribution < -0.4 is 11.1 Å². The number of carbonyl (C=O) groups excluding carboxylic acids is 1. The van der Waals surface area contributed by atoms with Crippen molar-refractivity contribution in [1.82, 2.24) is 15.1 Å². The molecule has 1 atom stereocenters. The van der Waals surface area contributed by atoms with E-state index in [1.165, 1.54) is 10.9 Å². The van der Waals surface area contributed by atoms with E-state index in [-0.39, 0.29) is 30.0 Å². The van der Waals surface area contributed by atoms with Crippen molar-refractivity contribution in [2.45, 2.75) is 51.6 Å². The maximum atomic E-state index is 12.4. The third-order valence-corrected chi connectivity index (χ3v) is 3.43. The number of rotatable bonds is 8. The van der Waals surface area contributed by atoms with Gasteiger partial charge in [0.2, 0.25) is 5.91 Å². The van der Waals surface area contributed by atoms with Crippen LogP contribution in [0.3, 0.4) is 0 Å². The Bertz CT molecular complexity index is 504. The van der Waals surface area contributed by atoms with E-state index in [4.69, 9.17) is 5.73 Å². The van der Waals surface area contributed by atoms with E-state index >= 15 is 0 Å². The Morgan fingerprint density at radius 1 is 1.59 bits per heavy atom. The summed E-state index contributed by atoms with van der Waals surface area (Å²) in [6.45, 7) is 5.75. The van der Waals surface area contributed by atoms with Crippen LogP contribution in [0.4, 0.5) is 5.69 Å². The number of nitro groups is 1. The van der Waals surface area contributed by atoms with E-state index in [1.807, 2.05) is 0 Å². The second kappa shape index (κ2) is 8.70. The molecule has 0 spiro atoms. The quantitative estimate of drug-likeness (QED) is 0.553. The van der Waals surface area contributed by atoms with Crippen LogP contribution in [0.25, 0.3) is 0 Å². The minimum absolute atomic E-state index is 0. The van der Waals surface area contributed by atoms with Gasteiger partial charge in [-0.15, -0.1) is 12.4 Å². The first kappa shape index (κ1) is 20.3. The lowest BCUT2D eigenvalue weighted by atomic mass is 10.0. The highest BCUT2D eigenvalue weighted by molar-refractivity contribution is 5.85. The highest BCUT2D eigenvalue weighted by Crippen LogP contribution is 2.19. The Morgan fingerprint density at radius 3 is 2.68 bits per heavy atom. The number of unbranched alkanes of at least 4 members (excludes halogenated alkanes) is 1. The lowest BCUT2D eigenvalue weighted by Gasteiger charge is -2.27. The van der Waals surface area contributed by atoms with Crippen molar-refractivity contribution in [2.24, 2.45) is 5.73 Å². The standard InChI is InChI=1S/C13H23N5O3.ClH/c1-4-5-6-10(7-14)16-12(19)13(2,3)17-9-11(8-15-17)18(20)21;/h8-10H,4-7,14H2,1-3H3,(H,16,19);1H. The van der Waals surface area contributed by atoms with Gasteiger partial charge in [-0.25, -0.2) is 0 Å². The van der Waals surface area contributed by atoms with Crippen molar-refractivity contribution in [3.63, 3.8) is 0 Å². The van der Waals surface area contributed by atoms with Gasteiger partial charge in [0.25, 0.3) is 0 Å². The third kappa shape index (κ3) is 4.96. The lowest BCUT2D eigenvalue weighted by molar-refractivity contribution is -0.385. The summed E-state index contributed by atoms with van der Waals surface area (Å²) in [5.41, 5.74) is 4.50. The fraction of sp³-hybridized carbons (Fsp3) is 0.692. The zero-order chi connectivity index (χ0) is 16.0. The summed E-state index contributed by atoms with van der Waals surface area (Å²) in [6.07, 6.45) is 5.21. The smallest absolute Gasteiger partial charge is 0.307 e. The highest BCUT2D eigenvalue weighted by atomic mass is 35.5. The van der Waals surface area contributed by atoms with E-state index in [0.717, 1.165) is 25.5 Å². The van der Waals surface area contributed by atoms with Gasteiger partial charge in [0.1, 0.15) is 17.9 Å². The first-order valence-corrected chi connectivity index (χ1v) is 7.03. The molecule has 1 unspecified atom stereocenters. The van der Waals surface area contributed by atoms with Crippen LogP contribution >= 0.6 is 12.4 Å². The van der Waals surface area contributed by atoms with Crippen molar-refractivity contribution in [1.29, 1.82) is 0 Å². The van der Waals surface area contributed by atoms with Gasteiger partial charge in [-0.1, -0.05) is 19.8 Å². The molecule has 3 N–H and O–H groups in total. The van der Waals surface area contributed by atoms with Crippen LogP contribution in [-0.2, 0) is 10.3 Å². The number of aromatic nitrogens is 2. The molecule has 1 amide bonds. The molecule has 0 fully saturated rings. The molecule has 1 heterocycles. The first-order valence-electron chi connectivity index (χ1n) is 7.03. The Labute approximate surface area is 136 Å². The summed E-state index contributed by atoms with van der Waals surface area (Å²) in [5.74, 6) is -0.257. The Morgan fingerprint density at radius 2 is 2.23 bits per heavy atom. The van der Waals surface area contributed by atoms with Gasteiger partial charge in [-0.05, 0) is 20.3 Å². The van der Waals surface area contributed by atoms with Crippen LogP contribution in [-0.4, -0.2) is 33.2 Å². The summed E-state index contributed by atoms with van der Waals surface area (Å²) in [6, 6.07) is -0.0951. The summed E-state index contributed by atoms with van der Waals surface area (Å²) >= 11 is 0. The molecule has 0 aliphatic rings. The zero-order valence-electron chi connectivity index (χ0n) is 13.1. The topological polar surface area (TPSA) is 116 Å². The van der Waals surface area contributed by atoms with Gasteiger partial charge in [-0.3, -0.25) is 19.6 Å². The summed E-state index contributed by atoms with van der Waals surface area (Å²) in [5, 5.41) is 17.5. The third-order valence-electron chi connectivity index (χ3n) is 3.43. The van der Waals surface area contributed by atoms with Crippen LogP contribution in [0.2, 0.25) is 0 Å². The molecule has 0 radical (unpaired) electrons. The largest absolute Gasteiger partial charge is 0.350 e. The molecule has 1 aromatic heterocycles. The highest BCUT2D eigenvalue weighted by Gasteiger charge is 2.33. The van der Waals surface area contributed by atoms with Gasteiger partial charge < -0.3 is 11.1 Å². The van der Waals surface area contributed by atoms with Gasteiger partial charge in [0.15, 0.2) is 0 Å². The molecule has 0 aliphatic heterocycles. The van der Waals surface area contributed by atoms with Crippen molar-refractivity contribution in [3.8, 4) is 0 Å². The Kier molecular flexibility index (Phi) is 8.04. The second-order valence-electron chi connectivity index (χ2n) is 5.51. The van der Waals surface area contributed by atoms with Crippen LogP contribution in [0.1, 0.15) is 40.0 Å². The van der Waals surface area contributed by atoms with E-state index in [2.05, 4.69) is 17.3 Å². The first-order chi connectivity index (χ1) is 9.82. The lowest BCUT2D eigenvalue weighted by Crippen LogP contribution is -2.50. The van der Waals surface area contributed by atoms with Gasteiger partial charge in [-0.2, -0.15) is 5.10 Å². The normalized spacial score (nSPS) is 12.4. The molecule has 0 saturated heterocycles. The monoisotopic (exact) mass is 333 g/mol. The minimum Gasteiger partial charge on any atom is -0.350 e. The van der Waals surface area contributed by atoms with E-state index in [0.29, 0.717) is 6.54 Å². The molecule has 0 saturated carbocycles. The molecule has 0 bridgehead atoms. The van der Waals surface area contributed by atoms with E-state index in [1.54, 1.807) is 13.8 Å².